The monoisotopic (exact) mass is 215 g/mol. The topological polar surface area (TPSA) is 30.5 Å². The third-order valence-electron chi connectivity index (χ3n) is 1.45. The highest BCUT2D eigenvalue weighted by Gasteiger charge is 2.27. The van der Waals surface area contributed by atoms with Gasteiger partial charge in [-0.2, -0.15) is 13.2 Å². The minimum Gasteiger partial charge on any atom is -0.383 e. The van der Waals surface area contributed by atoms with Crippen molar-refractivity contribution in [3.8, 4) is 0 Å². The first-order valence-corrected chi connectivity index (χ1v) is 4.36. The van der Waals surface area contributed by atoms with E-state index in [2.05, 4.69) is 10.1 Å². The first kappa shape index (κ1) is 13.7. The van der Waals surface area contributed by atoms with Crippen molar-refractivity contribution < 1.29 is 22.6 Å². The van der Waals surface area contributed by atoms with E-state index >= 15 is 0 Å². The molecule has 1 atom stereocenters. The molecule has 1 unspecified atom stereocenters. The van der Waals surface area contributed by atoms with Crippen molar-refractivity contribution in [3.63, 3.8) is 0 Å². The first-order chi connectivity index (χ1) is 6.49. The van der Waals surface area contributed by atoms with Gasteiger partial charge in [0.15, 0.2) is 0 Å². The minimum absolute atomic E-state index is 0.00118. The summed E-state index contributed by atoms with van der Waals surface area (Å²) in [6.45, 7) is 1.67. The summed E-state index contributed by atoms with van der Waals surface area (Å²) in [5, 5.41) is 2.95. The van der Waals surface area contributed by atoms with Gasteiger partial charge in [-0.3, -0.25) is 0 Å². The van der Waals surface area contributed by atoms with Crippen molar-refractivity contribution >= 4 is 0 Å². The van der Waals surface area contributed by atoms with Crippen molar-refractivity contribution in [1.29, 1.82) is 0 Å². The zero-order valence-corrected chi connectivity index (χ0v) is 8.36. The van der Waals surface area contributed by atoms with Crippen LogP contribution < -0.4 is 5.32 Å². The summed E-state index contributed by atoms with van der Waals surface area (Å²) in [6.07, 6.45) is -4.26. The summed E-state index contributed by atoms with van der Waals surface area (Å²) in [4.78, 5) is 0. The van der Waals surface area contributed by atoms with Crippen LogP contribution in [0.3, 0.4) is 0 Å². The van der Waals surface area contributed by atoms with Crippen LogP contribution in [0.1, 0.15) is 6.92 Å². The second kappa shape index (κ2) is 7.03. The van der Waals surface area contributed by atoms with Crippen LogP contribution >= 0.6 is 0 Å². The molecule has 1 N–H and O–H groups in total. The average molecular weight is 215 g/mol. The van der Waals surface area contributed by atoms with Gasteiger partial charge >= 0.3 is 6.18 Å². The third kappa shape index (κ3) is 8.28. The number of hydrogen-bond donors (Lipinski definition) is 1. The number of halogens is 3. The predicted molar refractivity (Wildman–Crippen MR) is 46.2 cm³/mol. The molecule has 0 amide bonds. The van der Waals surface area contributed by atoms with Crippen molar-refractivity contribution in [2.75, 3.05) is 33.5 Å². The van der Waals surface area contributed by atoms with Crippen LogP contribution in [0.4, 0.5) is 13.2 Å². The van der Waals surface area contributed by atoms with Crippen molar-refractivity contribution in [2.45, 2.75) is 19.1 Å². The smallest absolute Gasteiger partial charge is 0.383 e. The Morgan fingerprint density at radius 3 is 2.36 bits per heavy atom. The van der Waals surface area contributed by atoms with E-state index in [4.69, 9.17) is 4.74 Å². The van der Waals surface area contributed by atoms with Gasteiger partial charge in [0.05, 0.1) is 19.3 Å². The lowest BCUT2D eigenvalue weighted by Crippen LogP contribution is -2.38. The highest BCUT2D eigenvalue weighted by Crippen LogP contribution is 2.14. The second-order valence-corrected chi connectivity index (χ2v) is 2.84. The summed E-state index contributed by atoms with van der Waals surface area (Å²) < 4.78 is 44.4. The number of hydrogen-bond acceptors (Lipinski definition) is 3. The molecule has 3 nitrogen and oxygen atoms in total. The maximum atomic E-state index is 11.7. The van der Waals surface area contributed by atoms with Crippen LogP contribution in [0.5, 0.6) is 0 Å². The molecule has 0 heterocycles. The molecule has 14 heavy (non-hydrogen) atoms. The maximum absolute atomic E-state index is 11.7. The van der Waals surface area contributed by atoms with Crippen LogP contribution in [0.25, 0.3) is 0 Å². The Kier molecular flexibility index (Phi) is 6.86. The molecule has 0 aliphatic rings. The molecule has 0 aromatic rings. The quantitative estimate of drug-likeness (QED) is 0.692. The summed E-state index contributed by atoms with van der Waals surface area (Å²) in [7, 11) is 1.49. The molecule has 0 aliphatic carbocycles. The van der Waals surface area contributed by atoms with E-state index in [-0.39, 0.29) is 12.6 Å². The average Bonchev–Trinajstić information content (AvgIpc) is 2.02. The van der Waals surface area contributed by atoms with Crippen LogP contribution in [0.15, 0.2) is 0 Å². The molecule has 86 valence electrons. The molecule has 0 aromatic carbocycles. The number of methoxy groups -OCH3 is 1. The number of alkyl halides is 3. The minimum atomic E-state index is -4.26. The molecular weight excluding hydrogens is 199 g/mol. The second-order valence-electron chi connectivity index (χ2n) is 2.84. The molecule has 0 saturated carbocycles. The van der Waals surface area contributed by atoms with E-state index in [1.807, 2.05) is 6.92 Å². The van der Waals surface area contributed by atoms with Crippen molar-refractivity contribution in [2.24, 2.45) is 0 Å². The third-order valence-corrected chi connectivity index (χ3v) is 1.45. The van der Waals surface area contributed by atoms with Gasteiger partial charge < -0.3 is 14.8 Å². The van der Waals surface area contributed by atoms with Gasteiger partial charge in [0.25, 0.3) is 0 Å². The van der Waals surface area contributed by atoms with E-state index in [1.165, 1.54) is 7.11 Å². The largest absolute Gasteiger partial charge is 0.411 e. The summed E-state index contributed by atoms with van der Waals surface area (Å²) >= 11 is 0. The lowest BCUT2D eigenvalue weighted by molar-refractivity contribution is -0.175. The Hall–Kier alpha value is -0.330. The molecule has 0 radical (unpaired) electrons. The SMILES string of the molecule is CCNC(COC)COCC(F)(F)F. The Labute approximate surface area is 81.6 Å². The van der Waals surface area contributed by atoms with Crippen molar-refractivity contribution in [1.82, 2.24) is 5.32 Å². The van der Waals surface area contributed by atoms with Gasteiger partial charge in [0, 0.05) is 7.11 Å². The Morgan fingerprint density at radius 1 is 1.29 bits per heavy atom. The fraction of sp³-hybridized carbons (Fsp3) is 1.00. The molecule has 0 bridgehead atoms. The normalized spacial score (nSPS) is 14.4. The highest BCUT2D eigenvalue weighted by atomic mass is 19.4. The lowest BCUT2D eigenvalue weighted by atomic mass is 10.3. The van der Waals surface area contributed by atoms with Gasteiger partial charge in [0.1, 0.15) is 6.61 Å². The Morgan fingerprint density at radius 2 is 1.93 bits per heavy atom. The van der Waals surface area contributed by atoms with E-state index in [0.29, 0.717) is 13.2 Å². The molecule has 6 heteroatoms. The predicted octanol–water partition coefficient (Wildman–Crippen LogP) is 1.19. The van der Waals surface area contributed by atoms with Crippen LogP contribution in [-0.4, -0.2) is 45.7 Å². The lowest BCUT2D eigenvalue weighted by Gasteiger charge is -2.17. The Bertz CT molecular complexity index is 135. The van der Waals surface area contributed by atoms with Gasteiger partial charge in [0.2, 0.25) is 0 Å². The zero-order chi connectivity index (χ0) is 11.0. The number of ether oxygens (including phenoxy) is 2. The van der Waals surface area contributed by atoms with Gasteiger partial charge in [-0.25, -0.2) is 0 Å². The standard InChI is InChI=1S/C8H16F3NO2/c1-3-12-7(4-13-2)5-14-6-8(9,10)11/h7,12H,3-6H2,1-2H3. The van der Waals surface area contributed by atoms with E-state index in [1.54, 1.807) is 0 Å². The van der Waals surface area contributed by atoms with E-state index in [9.17, 15) is 13.2 Å². The van der Waals surface area contributed by atoms with Gasteiger partial charge in [-0.15, -0.1) is 0 Å². The fourth-order valence-corrected chi connectivity index (χ4v) is 0.973. The molecule has 0 aliphatic heterocycles. The first-order valence-electron chi connectivity index (χ1n) is 4.36. The molecule has 0 saturated heterocycles. The number of rotatable bonds is 7. The molecular formula is C8H16F3NO2. The maximum Gasteiger partial charge on any atom is 0.411 e. The summed E-state index contributed by atoms with van der Waals surface area (Å²) in [5.41, 5.74) is 0. The fourth-order valence-electron chi connectivity index (χ4n) is 0.973. The molecule has 0 aromatic heterocycles. The van der Waals surface area contributed by atoms with Crippen LogP contribution in [0.2, 0.25) is 0 Å². The molecule has 0 rings (SSSR count). The Balaban J connectivity index is 3.60. The van der Waals surface area contributed by atoms with Crippen LogP contribution in [-0.2, 0) is 9.47 Å². The molecule has 0 spiro atoms. The van der Waals surface area contributed by atoms with Crippen molar-refractivity contribution in [3.05, 3.63) is 0 Å². The van der Waals surface area contributed by atoms with E-state index < -0.39 is 12.8 Å². The summed E-state index contributed by atoms with van der Waals surface area (Å²) in [5.74, 6) is 0. The molecule has 0 fully saturated rings. The highest BCUT2D eigenvalue weighted by molar-refractivity contribution is 4.64. The van der Waals surface area contributed by atoms with Gasteiger partial charge in [-0.05, 0) is 6.54 Å². The number of nitrogens with one attached hydrogen (secondary N) is 1. The van der Waals surface area contributed by atoms with Gasteiger partial charge in [-0.1, -0.05) is 6.92 Å². The van der Waals surface area contributed by atoms with E-state index in [0.717, 1.165) is 0 Å². The zero-order valence-electron chi connectivity index (χ0n) is 8.36. The number of likely N-dealkylation sites (N-methyl/N-ethyl adjacent to an activating group) is 1. The van der Waals surface area contributed by atoms with Crippen LogP contribution in [0, 0.1) is 0 Å². The summed E-state index contributed by atoms with van der Waals surface area (Å²) in [6, 6.07) is -0.188.